The fourth-order valence-electron chi connectivity index (χ4n) is 3.32. The number of benzene rings is 1. The lowest BCUT2D eigenvalue weighted by Gasteiger charge is -2.27. The highest BCUT2D eigenvalue weighted by Crippen LogP contribution is 2.18. The number of rotatable bonds is 7. The first-order chi connectivity index (χ1) is 14.3. The van der Waals surface area contributed by atoms with Crippen LogP contribution in [0.1, 0.15) is 11.3 Å². The molecule has 1 aliphatic rings. The van der Waals surface area contributed by atoms with E-state index in [0.717, 1.165) is 9.87 Å². The van der Waals surface area contributed by atoms with Crippen molar-refractivity contribution < 1.29 is 17.9 Å². The predicted octanol–water partition coefficient (Wildman–Crippen LogP) is 1.15. The van der Waals surface area contributed by atoms with Crippen molar-refractivity contribution in [1.29, 1.82) is 0 Å². The molecule has 1 unspecified atom stereocenters. The molecule has 0 saturated carbocycles. The highest BCUT2D eigenvalue weighted by Gasteiger charge is 2.39. The second kappa shape index (κ2) is 9.69. The molecule has 3 rings (SSSR count). The van der Waals surface area contributed by atoms with Crippen LogP contribution in [0.15, 0.2) is 43.1 Å². The van der Waals surface area contributed by atoms with Gasteiger partial charge in [-0.1, -0.05) is 35.0 Å². The van der Waals surface area contributed by atoms with Gasteiger partial charge in [0, 0.05) is 31.2 Å². The molecule has 0 amide bonds. The Labute approximate surface area is 180 Å². The highest BCUT2D eigenvalue weighted by atomic mass is 35.5. The maximum atomic E-state index is 12.7. The van der Waals surface area contributed by atoms with Gasteiger partial charge in [-0.05, 0) is 17.7 Å². The van der Waals surface area contributed by atoms with Crippen LogP contribution in [-0.2, 0) is 32.6 Å². The third-order valence-corrected chi connectivity index (χ3v) is 6.88. The van der Waals surface area contributed by atoms with Gasteiger partial charge in [0.05, 0.1) is 31.3 Å². The van der Waals surface area contributed by atoms with E-state index in [2.05, 4.69) is 16.9 Å². The molecule has 1 aromatic carbocycles. The van der Waals surface area contributed by atoms with E-state index >= 15 is 0 Å². The molecular formula is C19H24ClN5O4S. The van der Waals surface area contributed by atoms with Gasteiger partial charge in [0.15, 0.2) is 0 Å². The Morgan fingerprint density at radius 3 is 2.73 bits per heavy atom. The third-order valence-electron chi connectivity index (χ3n) is 4.81. The highest BCUT2D eigenvalue weighted by molar-refractivity contribution is 7.89. The molecule has 2 heterocycles. The van der Waals surface area contributed by atoms with Crippen molar-refractivity contribution in [2.75, 3.05) is 32.5 Å². The summed E-state index contributed by atoms with van der Waals surface area (Å²) in [5, 5.41) is 8.99. The Hall–Kier alpha value is -2.27. The summed E-state index contributed by atoms with van der Waals surface area (Å²) in [6, 6.07) is 6.52. The summed E-state index contributed by atoms with van der Waals surface area (Å²) in [5.74, 6) is -0.702. The van der Waals surface area contributed by atoms with Gasteiger partial charge in [-0.2, -0.15) is 4.31 Å². The van der Waals surface area contributed by atoms with Gasteiger partial charge in [0.25, 0.3) is 0 Å². The number of carbonyl (C=O) groups excluding carboxylic acids is 1. The largest absolute Gasteiger partial charge is 0.468 e. The second-order valence-corrected chi connectivity index (χ2v) is 9.46. The summed E-state index contributed by atoms with van der Waals surface area (Å²) in [6.45, 7) is 5.02. The second-order valence-electron chi connectivity index (χ2n) is 6.98. The summed E-state index contributed by atoms with van der Waals surface area (Å²) in [5.41, 5.74) is 1.71. The molecule has 1 aromatic heterocycles. The topological polar surface area (TPSA) is 97.6 Å². The molecule has 0 aliphatic carbocycles. The first-order valence-corrected chi connectivity index (χ1v) is 11.3. The summed E-state index contributed by atoms with van der Waals surface area (Å²) in [6.07, 6.45) is 3.27. The van der Waals surface area contributed by atoms with Gasteiger partial charge >= 0.3 is 5.97 Å². The number of aromatic nitrogens is 3. The smallest absolute Gasteiger partial charge is 0.325 e. The number of halogens is 1. The lowest BCUT2D eigenvalue weighted by molar-refractivity contribution is -0.145. The Kier molecular flexibility index (Phi) is 7.24. The maximum absolute atomic E-state index is 12.7. The van der Waals surface area contributed by atoms with E-state index in [9.17, 15) is 13.2 Å². The number of ether oxygens (including phenoxy) is 1. The van der Waals surface area contributed by atoms with Gasteiger partial charge in [-0.15, -0.1) is 11.7 Å². The number of esters is 1. The van der Waals surface area contributed by atoms with Gasteiger partial charge in [0.1, 0.15) is 6.04 Å². The number of hydrogen-bond donors (Lipinski definition) is 0. The fraction of sp³-hybridized carbons (Fsp3) is 0.421. The molecule has 1 atom stereocenters. The van der Waals surface area contributed by atoms with Crippen molar-refractivity contribution in [3.05, 3.63) is 59.4 Å². The van der Waals surface area contributed by atoms with Crippen molar-refractivity contribution in [2.24, 2.45) is 0 Å². The van der Waals surface area contributed by atoms with Crippen LogP contribution in [-0.4, -0.2) is 77.1 Å². The quantitative estimate of drug-likeness (QED) is 0.458. The lowest BCUT2D eigenvalue weighted by Crippen LogP contribution is -2.48. The number of nitrogens with zero attached hydrogens (tertiary/aromatic N) is 5. The molecule has 1 aliphatic heterocycles. The normalized spacial score (nSPS) is 19.9. The molecule has 9 nitrogen and oxygen atoms in total. The standard InChI is InChI=1S/C19H24ClN5O4S/c1-3-8-25-18(19(26)29-2)14-23(9-10-30(25,27)28)12-17-13-24(22-21-17)11-15-4-6-16(20)7-5-15/h3-7,13,18H,1,8-12,14H2,2H3. The fourth-order valence-corrected chi connectivity index (χ4v) is 5.04. The molecule has 162 valence electrons. The van der Waals surface area contributed by atoms with Crippen molar-refractivity contribution in [1.82, 2.24) is 24.2 Å². The third kappa shape index (κ3) is 5.45. The number of hydrogen-bond acceptors (Lipinski definition) is 7. The molecule has 1 saturated heterocycles. The first kappa shape index (κ1) is 22.4. The van der Waals surface area contributed by atoms with Crippen molar-refractivity contribution in [3.8, 4) is 0 Å². The summed E-state index contributed by atoms with van der Waals surface area (Å²) in [7, 11) is -2.37. The molecule has 0 bridgehead atoms. The van der Waals surface area contributed by atoms with E-state index in [1.807, 2.05) is 35.4 Å². The van der Waals surface area contributed by atoms with Gasteiger partial charge in [-0.25, -0.2) is 13.1 Å². The van der Waals surface area contributed by atoms with Gasteiger partial charge in [-0.3, -0.25) is 9.69 Å². The Balaban J connectivity index is 1.73. The monoisotopic (exact) mass is 453 g/mol. The summed E-state index contributed by atoms with van der Waals surface area (Å²) < 4.78 is 33.0. The number of methoxy groups -OCH3 is 1. The van der Waals surface area contributed by atoms with Gasteiger partial charge in [0.2, 0.25) is 10.0 Å². The molecule has 1 fully saturated rings. The number of sulfonamides is 1. The van der Waals surface area contributed by atoms with Crippen LogP contribution in [0.25, 0.3) is 0 Å². The SMILES string of the molecule is C=CCN1C(C(=O)OC)CN(Cc2cn(Cc3ccc(Cl)cc3)nn2)CCS1(=O)=O. The van der Waals surface area contributed by atoms with Crippen LogP contribution in [0.2, 0.25) is 5.02 Å². The Bertz CT molecular complexity index is 993. The van der Waals surface area contributed by atoms with Crippen LogP contribution in [0, 0.1) is 0 Å². The minimum atomic E-state index is -3.62. The van der Waals surface area contributed by atoms with Crippen LogP contribution in [0.5, 0.6) is 0 Å². The average Bonchev–Trinajstić information content (AvgIpc) is 3.11. The molecule has 30 heavy (non-hydrogen) atoms. The van der Waals surface area contributed by atoms with Crippen LogP contribution < -0.4 is 0 Å². The van der Waals surface area contributed by atoms with E-state index in [0.29, 0.717) is 23.8 Å². The number of carbonyl (C=O) groups is 1. The van der Waals surface area contributed by atoms with Crippen molar-refractivity contribution >= 4 is 27.6 Å². The van der Waals surface area contributed by atoms with E-state index in [-0.39, 0.29) is 25.4 Å². The average molecular weight is 454 g/mol. The lowest BCUT2D eigenvalue weighted by atomic mass is 10.2. The molecule has 2 aromatic rings. The minimum absolute atomic E-state index is 0.0488. The summed E-state index contributed by atoms with van der Waals surface area (Å²) >= 11 is 5.91. The molecule has 0 spiro atoms. The van der Waals surface area contributed by atoms with Gasteiger partial charge < -0.3 is 4.74 Å². The Morgan fingerprint density at radius 1 is 1.33 bits per heavy atom. The minimum Gasteiger partial charge on any atom is -0.468 e. The van der Waals surface area contributed by atoms with E-state index in [4.69, 9.17) is 16.3 Å². The van der Waals surface area contributed by atoms with Crippen LogP contribution in [0.4, 0.5) is 0 Å². The molecule has 0 N–H and O–H groups in total. The predicted molar refractivity (Wildman–Crippen MR) is 112 cm³/mol. The zero-order chi connectivity index (χ0) is 21.7. The zero-order valence-electron chi connectivity index (χ0n) is 16.6. The van der Waals surface area contributed by atoms with Crippen LogP contribution in [0.3, 0.4) is 0 Å². The Morgan fingerprint density at radius 2 is 2.07 bits per heavy atom. The van der Waals surface area contributed by atoms with Crippen molar-refractivity contribution in [3.63, 3.8) is 0 Å². The molecule has 0 radical (unpaired) electrons. The summed E-state index contributed by atoms with van der Waals surface area (Å²) in [4.78, 5) is 14.2. The van der Waals surface area contributed by atoms with E-state index in [1.54, 1.807) is 4.68 Å². The zero-order valence-corrected chi connectivity index (χ0v) is 18.2. The van der Waals surface area contributed by atoms with E-state index in [1.165, 1.54) is 13.2 Å². The van der Waals surface area contributed by atoms with Crippen LogP contribution >= 0.6 is 11.6 Å². The molecule has 11 heteroatoms. The molecular weight excluding hydrogens is 430 g/mol. The maximum Gasteiger partial charge on any atom is 0.325 e. The first-order valence-electron chi connectivity index (χ1n) is 9.36. The van der Waals surface area contributed by atoms with E-state index < -0.39 is 22.0 Å². The van der Waals surface area contributed by atoms with Crippen molar-refractivity contribution in [2.45, 2.75) is 19.1 Å².